The first-order valence-electron chi connectivity index (χ1n) is 11.0. The highest BCUT2D eigenvalue weighted by atomic mass is 16.6. The molecule has 7 nitrogen and oxygen atoms in total. The van der Waals surface area contributed by atoms with Crippen LogP contribution < -0.4 is 0 Å². The van der Waals surface area contributed by atoms with E-state index in [0.717, 1.165) is 48.1 Å². The molecule has 168 valence electrons. The molecule has 3 rings (SSSR count). The van der Waals surface area contributed by atoms with Gasteiger partial charge in [0.25, 0.3) is 0 Å². The third-order valence-corrected chi connectivity index (χ3v) is 5.33. The predicted octanol–water partition coefficient (Wildman–Crippen LogP) is 4.75. The molecule has 1 saturated heterocycles. The van der Waals surface area contributed by atoms with Gasteiger partial charge in [0.05, 0.1) is 24.2 Å². The van der Waals surface area contributed by atoms with Crippen molar-refractivity contribution in [3.05, 3.63) is 35.7 Å². The molecule has 0 saturated carbocycles. The second-order valence-corrected chi connectivity index (χ2v) is 8.98. The molecule has 1 unspecified atom stereocenters. The molecule has 1 amide bonds. The fourth-order valence-corrected chi connectivity index (χ4v) is 3.87. The minimum absolute atomic E-state index is 0.167. The van der Waals surface area contributed by atoms with Crippen LogP contribution in [-0.4, -0.2) is 52.3 Å². The third-order valence-electron chi connectivity index (χ3n) is 5.33. The highest BCUT2D eigenvalue weighted by molar-refractivity contribution is 5.88. The van der Waals surface area contributed by atoms with Gasteiger partial charge in [-0.25, -0.2) is 14.6 Å². The molecule has 1 aromatic carbocycles. The molecule has 0 aliphatic carbocycles. The van der Waals surface area contributed by atoms with Crippen LogP contribution >= 0.6 is 0 Å². The summed E-state index contributed by atoms with van der Waals surface area (Å²) in [5.41, 5.74) is 2.34. The number of methoxy groups -OCH3 is 1. The van der Waals surface area contributed by atoms with E-state index in [4.69, 9.17) is 9.72 Å². The van der Waals surface area contributed by atoms with Crippen molar-refractivity contribution in [1.29, 1.82) is 0 Å². The van der Waals surface area contributed by atoms with Gasteiger partial charge in [-0.05, 0) is 57.4 Å². The maximum absolute atomic E-state index is 12.5. The highest BCUT2D eigenvalue weighted by Gasteiger charge is 2.32. The molecule has 2 heterocycles. The van der Waals surface area contributed by atoms with Crippen LogP contribution in [0.3, 0.4) is 0 Å². The summed E-state index contributed by atoms with van der Waals surface area (Å²) in [5, 5.41) is 0. The largest absolute Gasteiger partial charge is 0.466 e. The topological polar surface area (TPSA) is 73.7 Å². The predicted molar refractivity (Wildman–Crippen MR) is 121 cm³/mol. The zero-order valence-corrected chi connectivity index (χ0v) is 19.2. The fourth-order valence-electron chi connectivity index (χ4n) is 3.87. The zero-order valence-electron chi connectivity index (χ0n) is 19.2. The van der Waals surface area contributed by atoms with E-state index in [-0.39, 0.29) is 18.1 Å². The Balaban J connectivity index is 1.88. The summed E-state index contributed by atoms with van der Waals surface area (Å²) in [6, 6.07) is 6.18. The standard InChI is InChI=1S/C24H33N3O4/c1-6-7-8-21-25-19-15-17(10-12-22(28)30-5)9-11-20(19)27(21)18-13-14-26(16-18)23(29)31-24(2,3)4/h9-12,15,18H,6-8,13-14,16H2,1-5H3. The molecule has 1 fully saturated rings. The second-order valence-electron chi connectivity index (χ2n) is 8.98. The van der Waals surface area contributed by atoms with Crippen LogP contribution in [0.15, 0.2) is 24.3 Å². The Bertz CT molecular complexity index is 971. The first-order valence-corrected chi connectivity index (χ1v) is 11.0. The van der Waals surface area contributed by atoms with E-state index in [1.165, 1.54) is 13.2 Å². The van der Waals surface area contributed by atoms with Crippen LogP contribution in [0.4, 0.5) is 4.79 Å². The minimum atomic E-state index is -0.503. The molecule has 2 aromatic rings. The number of imidazole rings is 1. The van der Waals surface area contributed by atoms with Crippen molar-refractivity contribution in [3.63, 3.8) is 0 Å². The van der Waals surface area contributed by atoms with Crippen molar-refractivity contribution in [2.45, 2.75) is 65.0 Å². The van der Waals surface area contributed by atoms with Crippen LogP contribution in [0.1, 0.15) is 64.4 Å². The summed E-state index contributed by atoms with van der Waals surface area (Å²) < 4.78 is 12.5. The van der Waals surface area contributed by atoms with Crippen molar-refractivity contribution in [2.75, 3.05) is 20.2 Å². The van der Waals surface area contributed by atoms with Crippen LogP contribution in [-0.2, 0) is 20.7 Å². The van der Waals surface area contributed by atoms with Gasteiger partial charge in [0, 0.05) is 25.6 Å². The van der Waals surface area contributed by atoms with E-state index in [1.807, 2.05) is 39.0 Å². The van der Waals surface area contributed by atoms with Gasteiger partial charge in [-0.3, -0.25) is 0 Å². The number of likely N-dealkylation sites (tertiary alicyclic amines) is 1. The van der Waals surface area contributed by atoms with Gasteiger partial charge >= 0.3 is 12.1 Å². The van der Waals surface area contributed by atoms with Crippen LogP contribution in [0.5, 0.6) is 0 Å². The van der Waals surface area contributed by atoms with Gasteiger partial charge in [0.1, 0.15) is 11.4 Å². The molecule has 0 spiro atoms. The Kier molecular flexibility index (Phi) is 7.03. The lowest BCUT2D eigenvalue weighted by Crippen LogP contribution is -2.35. The van der Waals surface area contributed by atoms with E-state index >= 15 is 0 Å². The summed E-state index contributed by atoms with van der Waals surface area (Å²) in [4.78, 5) is 30.6. The summed E-state index contributed by atoms with van der Waals surface area (Å²) in [5.74, 6) is 0.657. The molecule has 0 N–H and O–H groups in total. The lowest BCUT2D eigenvalue weighted by Gasteiger charge is -2.24. The van der Waals surface area contributed by atoms with Crippen molar-refractivity contribution in [3.8, 4) is 0 Å². The first-order chi connectivity index (χ1) is 14.7. The number of fused-ring (bicyclic) bond motifs is 1. The molecule has 1 aliphatic heterocycles. The van der Waals surface area contributed by atoms with E-state index in [2.05, 4.69) is 16.2 Å². The Morgan fingerprint density at radius 2 is 2.06 bits per heavy atom. The van der Waals surface area contributed by atoms with Crippen LogP contribution in [0.25, 0.3) is 17.1 Å². The van der Waals surface area contributed by atoms with Crippen LogP contribution in [0.2, 0.25) is 0 Å². The van der Waals surface area contributed by atoms with E-state index in [1.54, 1.807) is 11.0 Å². The number of carbonyl (C=O) groups excluding carboxylic acids is 2. The Labute approximate surface area is 184 Å². The molecule has 1 aliphatic rings. The summed E-state index contributed by atoms with van der Waals surface area (Å²) in [7, 11) is 1.36. The number of aromatic nitrogens is 2. The molecular weight excluding hydrogens is 394 g/mol. The molecular formula is C24H33N3O4. The van der Waals surface area contributed by atoms with Gasteiger partial charge in [-0.2, -0.15) is 0 Å². The van der Waals surface area contributed by atoms with Gasteiger partial charge in [0.15, 0.2) is 0 Å². The fraction of sp³-hybridized carbons (Fsp3) is 0.542. The molecule has 1 aromatic heterocycles. The highest BCUT2D eigenvalue weighted by Crippen LogP contribution is 2.30. The van der Waals surface area contributed by atoms with E-state index in [0.29, 0.717) is 13.1 Å². The SMILES string of the molecule is CCCCc1nc2cc(C=CC(=O)OC)ccc2n1C1CCN(C(=O)OC(C)(C)C)C1. The smallest absolute Gasteiger partial charge is 0.410 e. The molecule has 7 heteroatoms. The maximum atomic E-state index is 12.5. The molecule has 31 heavy (non-hydrogen) atoms. The van der Waals surface area contributed by atoms with Crippen molar-refractivity contribution in [2.24, 2.45) is 0 Å². The minimum Gasteiger partial charge on any atom is -0.466 e. The number of nitrogens with zero attached hydrogens (tertiary/aromatic N) is 3. The van der Waals surface area contributed by atoms with Gasteiger partial charge in [-0.15, -0.1) is 0 Å². The molecule has 0 radical (unpaired) electrons. The number of amides is 1. The lowest BCUT2D eigenvalue weighted by atomic mass is 10.1. The number of esters is 1. The Hall–Kier alpha value is -2.83. The average molecular weight is 428 g/mol. The summed E-state index contributed by atoms with van der Waals surface area (Å²) in [6.45, 7) is 9.11. The maximum Gasteiger partial charge on any atom is 0.410 e. The number of unbranched alkanes of at least 4 members (excludes halogenated alkanes) is 1. The Morgan fingerprint density at radius 1 is 1.29 bits per heavy atom. The average Bonchev–Trinajstić information content (AvgIpc) is 3.33. The molecule has 1 atom stereocenters. The summed E-state index contributed by atoms with van der Waals surface area (Å²) in [6.07, 6.45) is 6.79. The first kappa shape index (κ1) is 22.8. The van der Waals surface area contributed by atoms with Gasteiger partial charge < -0.3 is 18.9 Å². The molecule has 0 bridgehead atoms. The Morgan fingerprint density at radius 3 is 2.74 bits per heavy atom. The second kappa shape index (κ2) is 9.54. The van der Waals surface area contributed by atoms with Crippen LogP contribution in [0, 0.1) is 0 Å². The van der Waals surface area contributed by atoms with Gasteiger partial charge in [0.2, 0.25) is 0 Å². The quantitative estimate of drug-likeness (QED) is 0.491. The van der Waals surface area contributed by atoms with E-state index < -0.39 is 5.60 Å². The monoisotopic (exact) mass is 427 g/mol. The normalized spacial score (nSPS) is 16.9. The number of ether oxygens (including phenoxy) is 2. The zero-order chi connectivity index (χ0) is 22.6. The number of hydrogen-bond donors (Lipinski definition) is 0. The number of benzene rings is 1. The van der Waals surface area contributed by atoms with Gasteiger partial charge in [-0.1, -0.05) is 19.4 Å². The number of aryl methyl sites for hydroxylation is 1. The van der Waals surface area contributed by atoms with Crippen molar-refractivity contribution in [1.82, 2.24) is 14.5 Å². The summed E-state index contributed by atoms with van der Waals surface area (Å²) >= 11 is 0. The van der Waals surface area contributed by atoms with E-state index in [9.17, 15) is 9.59 Å². The van der Waals surface area contributed by atoms with Crippen molar-refractivity contribution < 1.29 is 19.1 Å². The lowest BCUT2D eigenvalue weighted by molar-refractivity contribution is -0.134. The number of carbonyl (C=O) groups is 2. The number of rotatable bonds is 6. The third kappa shape index (κ3) is 5.66. The number of hydrogen-bond acceptors (Lipinski definition) is 5. The van der Waals surface area contributed by atoms with Crippen molar-refractivity contribution >= 4 is 29.2 Å².